The Kier molecular flexibility index (Phi) is 7.81. The van der Waals surface area contributed by atoms with E-state index in [0.29, 0.717) is 0 Å². The Morgan fingerprint density at radius 3 is 2.22 bits per heavy atom. The summed E-state index contributed by atoms with van der Waals surface area (Å²) in [5.41, 5.74) is 1.79. The fourth-order valence-electron chi connectivity index (χ4n) is 3.63. The predicted octanol–water partition coefficient (Wildman–Crippen LogP) is 4.31. The van der Waals surface area contributed by atoms with Gasteiger partial charge < -0.3 is 14.7 Å². The molecular weight excluding hydrogens is 408 g/mol. The first-order valence-corrected chi connectivity index (χ1v) is 10.3. The van der Waals surface area contributed by atoms with E-state index in [1.165, 1.54) is 26.1 Å². The molecule has 7 nitrogen and oxygen atoms in total. The molecule has 0 unspecified atom stereocenters. The van der Waals surface area contributed by atoms with Crippen LogP contribution < -0.4 is 0 Å². The molecule has 1 N–H and O–H groups in total. The molecule has 3 aromatic rings. The summed E-state index contributed by atoms with van der Waals surface area (Å²) in [5, 5.41) is 12.8. The number of benzene rings is 3. The highest BCUT2D eigenvalue weighted by Gasteiger charge is 2.29. The maximum atomic E-state index is 12.3. The molecule has 0 aliphatic carbocycles. The molecule has 2 atom stereocenters. The number of carboxylic acid groups (broad SMARTS) is 1. The van der Waals surface area contributed by atoms with Gasteiger partial charge in [0.15, 0.2) is 0 Å². The van der Waals surface area contributed by atoms with Crippen molar-refractivity contribution in [2.75, 3.05) is 34.4 Å². The van der Waals surface area contributed by atoms with E-state index < -0.39 is 12.2 Å². The van der Waals surface area contributed by atoms with E-state index in [2.05, 4.69) is 6.07 Å². The van der Waals surface area contributed by atoms with Crippen molar-refractivity contribution in [2.24, 2.45) is 0 Å². The Balaban J connectivity index is 2.02. The van der Waals surface area contributed by atoms with Crippen molar-refractivity contribution in [3.8, 4) is 0 Å². The number of ether oxygens (including phenoxy) is 1. The van der Waals surface area contributed by atoms with Crippen LogP contribution in [0.15, 0.2) is 72.8 Å². The highest BCUT2D eigenvalue weighted by molar-refractivity contribution is 5.83. The zero-order valence-electron chi connectivity index (χ0n) is 18.5. The maximum Gasteiger partial charge on any atom is 0.407 e. The summed E-state index contributed by atoms with van der Waals surface area (Å²) >= 11 is 0. The third-order valence-electron chi connectivity index (χ3n) is 5.50. The normalized spacial score (nSPS) is 12.8. The minimum Gasteiger partial charge on any atom is -0.465 e. The van der Waals surface area contributed by atoms with Gasteiger partial charge in [0.25, 0.3) is 5.91 Å². The molecule has 168 valence electrons. The molecule has 0 saturated carbocycles. The summed E-state index contributed by atoms with van der Waals surface area (Å²) in [6, 6.07) is 23.6. The van der Waals surface area contributed by atoms with Gasteiger partial charge in [-0.05, 0) is 21.9 Å². The van der Waals surface area contributed by atoms with Crippen LogP contribution in [0.2, 0.25) is 0 Å². The second-order valence-electron chi connectivity index (χ2n) is 7.59. The average molecular weight is 437 g/mol. The molecule has 0 radical (unpaired) electrons. The smallest absolute Gasteiger partial charge is 0.407 e. The molecule has 32 heavy (non-hydrogen) atoms. The Labute approximate surface area is 187 Å². The van der Waals surface area contributed by atoms with Crippen LogP contribution in [0.3, 0.4) is 0 Å². The minimum absolute atomic E-state index is 0.196. The molecule has 0 bridgehead atoms. The van der Waals surface area contributed by atoms with Crippen molar-refractivity contribution in [3.05, 3.63) is 83.9 Å². The molecule has 3 rings (SSSR count). The van der Waals surface area contributed by atoms with Crippen molar-refractivity contribution in [1.29, 1.82) is 0 Å². The largest absolute Gasteiger partial charge is 0.465 e. The van der Waals surface area contributed by atoms with Gasteiger partial charge in [-0.25, -0.2) is 9.86 Å². The lowest BCUT2D eigenvalue weighted by atomic mass is 9.87. The third-order valence-corrected chi connectivity index (χ3v) is 5.50. The molecule has 0 saturated heterocycles. The molecule has 2 amide bonds. The van der Waals surface area contributed by atoms with Gasteiger partial charge in [-0.3, -0.25) is 9.63 Å². The Hall–Kier alpha value is -3.42. The lowest BCUT2D eigenvalue weighted by Crippen LogP contribution is -2.34. The van der Waals surface area contributed by atoms with Crippen molar-refractivity contribution in [2.45, 2.75) is 12.0 Å². The van der Waals surface area contributed by atoms with E-state index in [4.69, 9.17) is 9.57 Å². The van der Waals surface area contributed by atoms with E-state index >= 15 is 0 Å². The van der Waals surface area contributed by atoms with Gasteiger partial charge in [-0.1, -0.05) is 72.8 Å². The van der Waals surface area contributed by atoms with E-state index in [-0.39, 0.29) is 25.0 Å². The lowest BCUT2D eigenvalue weighted by molar-refractivity contribution is -0.175. The van der Waals surface area contributed by atoms with Crippen LogP contribution in [-0.2, 0) is 14.4 Å². The van der Waals surface area contributed by atoms with Crippen molar-refractivity contribution < 1.29 is 24.3 Å². The Bertz CT molecular complexity index is 1060. The molecule has 0 aliphatic heterocycles. The van der Waals surface area contributed by atoms with E-state index in [9.17, 15) is 14.7 Å². The van der Waals surface area contributed by atoms with Crippen LogP contribution in [0.4, 0.5) is 4.79 Å². The van der Waals surface area contributed by atoms with Crippen LogP contribution >= 0.6 is 0 Å². The molecular formula is C25H28N2O5. The number of rotatable bonds is 9. The number of fused-ring (bicyclic) bond motifs is 1. The van der Waals surface area contributed by atoms with Crippen molar-refractivity contribution in [3.63, 3.8) is 0 Å². The summed E-state index contributed by atoms with van der Waals surface area (Å²) in [7, 11) is 4.46. The lowest BCUT2D eigenvalue weighted by Gasteiger charge is -2.31. The SMILES string of the molecule is CON(C)C(=O)CO[C@H](c1ccccc1)[C@H](CN(C)C(=O)O)c1ccc2ccccc2c1. The van der Waals surface area contributed by atoms with Crippen LogP contribution in [-0.4, -0.2) is 61.4 Å². The number of hydrogen-bond donors (Lipinski definition) is 1. The van der Waals surface area contributed by atoms with Crippen LogP contribution in [0.5, 0.6) is 0 Å². The highest BCUT2D eigenvalue weighted by atomic mass is 16.7. The fourth-order valence-corrected chi connectivity index (χ4v) is 3.63. The summed E-state index contributed by atoms with van der Waals surface area (Å²) in [4.78, 5) is 30.2. The van der Waals surface area contributed by atoms with E-state index in [1.807, 2.05) is 66.7 Å². The van der Waals surface area contributed by atoms with Crippen LogP contribution in [0.25, 0.3) is 10.8 Å². The first-order valence-electron chi connectivity index (χ1n) is 10.3. The van der Waals surface area contributed by atoms with E-state index in [0.717, 1.165) is 27.0 Å². The zero-order valence-corrected chi connectivity index (χ0v) is 18.5. The number of carbonyl (C=O) groups is 2. The van der Waals surface area contributed by atoms with Crippen molar-refractivity contribution in [1.82, 2.24) is 9.96 Å². The number of hydrogen-bond acceptors (Lipinski definition) is 4. The predicted molar refractivity (Wildman–Crippen MR) is 122 cm³/mol. The van der Waals surface area contributed by atoms with Gasteiger partial charge in [0.05, 0.1) is 13.2 Å². The number of nitrogens with zero attached hydrogens (tertiary/aromatic N) is 2. The first kappa shape index (κ1) is 23.2. The zero-order chi connectivity index (χ0) is 23.1. The molecule has 0 heterocycles. The first-order chi connectivity index (χ1) is 15.4. The molecule has 0 spiro atoms. The summed E-state index contributed by atoms with van der Waals surface area (Å²) < 4.78 is 6.13. The topological polar surface area (TPSA) is 79.3 Å². The fraction of sp³-hybridized carbons (Fsp3) is 0.280. The monoisotopic (exact) mass is 436 g/mol. The van der Waals surface area contributed by atoms with Gasteiger partial charge in [0.2, 0.25) is 0 Å². The quantitative estimate of drug-likeness (QED) is 0.506. The van der Waals surface area contributed by atoms with E-state index in [1.54, 1.807) is 0 Å². The number of hydroxylamine groups is 2. The van der Waals surface area contributed by atoms with Crippen LogP contribution in [0.1, 0.15) is 23.1 Å². The maximum absolute atomic E-state index is 12.3. The molecule has 3 aromatic carbocycles. The number of carbonyl (C=O) groups excluding carboxylic acids is 1. The Morgan fingerprint density at radius 2 is 1.56 bits per heavy atom. The summed E-state index contributed by atoms with van der Waals surface area (Å²) in [5.74, 6) is -0.680. The number of likely N-dealkylation sites (N-methyl/N-ethyl adjacent to an activating group) is 2. The molecule has 0 aromatic heterocycles. The Morgan fingerprint density at radius 1 is 0.906 bits per heavy atom. The minimum atomic E-state index is -1.03. The number of amides is 2. The second kappa shape index (κ2) is 10.7. The van der Waals surface area contributed by atoms with Crippen LogP contribution in [0, 0.1) is 0 Å². The second-order valence-corrected chi connectivity index (χ2v) is 7.59. The van der Waals surface area contributed by atoms with Gasteiger partial charge in [-0.15, -0.1) is 0 Å². The van der Waals surface area contributed by atoms with Gasteiger partial charge in [0.1, 0.15) is 6.61 Å². The summed E-state index contributed by atoms with van der Waals surface area (Å²) in [6.45, 7) is -0.00763. The molecule has 7 heteroatoms. The molecule has 0 fully saturated rings. The third kappa shape index (κ3) is 5.63. The molecule has 0 aliphatic rings. The average Bonchev–Trinajstić information content (AvgIpc) is 2.82. The standard InChI is InChI=1S/C25H28N2O5/c1-26(25(29)30)16-22(21-14-13-18-9-7-8-12-20(18)15-21)24(19-10-5-4-6-11-19)32-17-23(28)27(2)31-3/h4-15,22,24H,16-17H2,1-3H3,(H,29,30)/t22-,24-/m1/s1. The van der Waals surface area contributed by atoms with Gasteiger partial charge >= 0.3 is 6.09 Å². The van der Waals surface area contributed by atoms with Gasteiger partial charge in [-0.2, -0.15) is 0 Å². The highest BCUT2D eigenvalue weighted by Crippen LogP contribution is 2.36. The van der Waals surface area contributed by atoms with Gasteiger partial charge in [0, 0.05) is 26.6 Å². The van der Waals surface area contributed by atoms with Crippen molar-refractivity contribution >= 4 is 22.8 Å². The summed E-state index contributed by atoms with van der Waals surface area (Å²) in [6.07, 6.45) is -1.58.